The Kier molecular flexibility index (Phi) is 4.02. The number of rotatable bonds is 2. The van der Waals surface area contributed by atoms with Gasteiger partial charge in [0.05, 0.1) is 16.9 Å². The zero-order valence-corrected chi connectivity index (χ0v) is 12.5. The molecule has 2 nitrogen and oxygen atoms in total. The average Bonchev–Trinajstić information content (AvgIpc) is 2.34. The van der Waals surface area contributed by atoms with Crippen LogP contribution in [0.3, 0.4) is 0 Å². The molecule has 2 rings (SSSR count). The molecule has 0 fully saturated rings. The predicted molar refractivity (Wildman–Crippen MR) is 81.3 cm³/mol. The Morgan fingerprint density at radius 3 is 2.59 bits per heavy atom. The summed E-state index contributed by atoms with van der Waals surface area (Å²) in [5.74, 6) is 0. The number of nitrogens with one attached hydrogen (secondary N) is 1. The molecule has 1 N–H and O–H groups in total. The van der Waals surface area contributed by atoms with Gasteiger partial charge in [0.15, 0.2) is 0 Å². The van der Waals surface area contributed by atoms with Gasteiger partial charge in [0.25, 0.3) is 0 Å². The van der Waals surface area contributed by atoms with Crippen LogP contribution in [0.2, 0.25) is 0 Å². The monoisotopic (exact) mass is 398 g/mol. The summed E-state index contributed by atoms with van der Waals surface area (Å²) in [7, 11) is 0. The number of nitriles is 1. The van der Waals surface area contributed by atoms with E-state index < -0.39 is 0 Å². The Labute approximate surface area is 122 Å². The number of halogens is 2. The van der Waals surface area contributed by atoms with E-state index in [0.29, 0.717) is 5.56 Å². The summed E-state index contributed by atoms with van der Waals surface area (Å²) in [4.78, 5) is 0. The first-order valence-corrected chi connectivity index (χ1v) is 6.79. The lowest BCUT2D eigenvalue weighted by Gasteiger charge is -2.10. The molecule has 0 bridgehead atoms. The van der Waals surface area contributed by atoms with Crippen molar-refractivity contribution >= 4 is 49.9 Å². The maximum atomic E-state index is 9.08. The molecule has 2 aromatic carbocycles. The van der Waals surface area contributed by atoms with Gasteiger partial charge in [-0.15, -0.1) is 0 Å². The predicted octanol–water partition coefficient (Wildman–Crippen LogP) is 4.67. The number of benzene rings is 2. The van der Waals surface area contributed by atoms with E-state index >= 15 is 0 Å². The Morgan fingerprint density at radius 1 is 1.12 bits per heavy atom. The molecule has 0 aliphatic heterocycles. The minimum absolute atomic E-state index is 0.624. The van der Waals surface area contributed by atoms with E-state index in [1.807, 2.05) is 36.4 Å². The van der Waals surface area contributed by atoms with Crippen molar-refractivity contribution in [3.63, 3.8) is 0 Å². The molecule has 0 aromatic heterocycles. The number of anilines is 2. The van der Waals surface area contributed by atoms with Crippen LogP contribution in [0, 0.1) is 14.9 Å². The number of nitrogens with zero attached hydrogens (tertiary/aromatic N) is 1. The van der Waals surface area contributed by atoms with E-state index in [1.54, 1.807) is 6.07 Å². The van der Waals surface area contributed by atoms with Gasteiger partial charge in [0, 0.05) is 8.04 Å². The maximum absolute atomic E-state index is 9.08. The van der Waals surface area contributed by atoms with Crippen LogP contribution in [0.25, 0.3) is 0 Å². The number of hydrogen-bond donors (Lipinski definition) is 1. The van der Waals surface area contributed by atoms with Crippen LogP contribution in [-0.4, -0.2) is 0 Å². The molecule has 2 aromatic rings. The quantitative estimate of drug-likeness (QED) is 0.746. The second kappa shape index (κ2) is 5.52. The van der Waals surface area contributed by atoms with Crippen LogP contribution in [0.15, 0.2) is 46.9 Å². The van der Waals surface area contributed by atoms with Gasteiger partial charge < -0.3 is 5.32 Å². The van der Waals surface area contributed by atoms with Crippen molar-refractivity contribution in [2.45, 2.75) is 0 Å². The molecular formula is C13H8BrIN2. The lowest BCUT2D eigenvalue weighted by atomic mass is 10.2. The highest BCUT2D eigenvalue weighted by molar-refractivity contribution is 14.1. The molecule has 0 heterocycles. The molecule has 0 atom stereocenters. The minimum Gasteiger partial charge on any atom is -0.354 e. The fourth-order valence-corrected chi connectivity index (χ4v) is 2.31. The third-order valence-electron chi connectivity index (χ3n) is 2.25. The van der Waals surface area contributed by atoms with Gasteiger partial charge >= 0.3 is 0 Å². The summed E-state index contributed by atoms with van der Waals surface area (Å²) in [6, 6.07) is 15.8. The fraction of sp³-hybridized carbons (Fsp3) is 0. The van der Waals surface area contributed by atoms with E-state index in [1.165, 1.54) is 0 Å². The first-order valence-electron chi connectivity index (χ1n) is 4.92. The van der Waals surface area contributed by atoms with Crippen molar-refractivity contribution in [2.75, 3.05) is 5.32 Å². The number of para-hydroxylation sites is 1. The molecule has 0 amide bonds. The smallest absolute Gasteiger partial charge is 0.101 e. The van der Waals surface area contributed by atoms with Gasteiger partial charge in [-0.3, -0.25) is 0 Å². The molecule has 0 saturated heterocycles. The lowest BCUT2D eigenvalue weighted by Crippen LogP contribution is -1.95. The van der Waals surface area contributed by atoms with Gasteiger partial charge in [-0.25, -0.2) is 0 Å². The Bertz CT molecular complexity index is 590. The minimum atomic E-state index is 0.624. The van der Waals surface area contributed by atoms with Crippen molar-refractivity contribution in [3.05, 3.63) is 56.1 Å². The van der Waals surface area contributed by atoms with E-state index in [-0.39, 0.29) is 0 Å². The summed E-state index contributed by atoms with van der Waals surface area (Å²) in [5.41, 5.74) is 2.45. The summed E-state index contributed by atoms with van der Waals surface area (Å²) < 4.78 is 2.03. The highest BCUT2D eigenvalue weighted by Gasteiger charge is 2.04. The SMILES string of the molecule is N#Cc1cc(Br)ccc1Nc1ccccc1I. The summed E-state index contributed by atoms with van der Waals surface area (Å²) in [5, 5.41) is 12.3. The van der Waals surface area contributed by atoms with Crippen LogP contribution in [0.4, 0.5) is 11.4 Å². The largest absolute Gasteiger partial charge is 0.354 e. The van der Waals surface area contributed by atoms with Gasteiger partial charge in [0.2, 0.25) is 0 Å². The highest BCUT2D eigenvalue weighted by Crippen LogP contribution is 2.26. The maximum Gasteiger partial charge on any atom is 0.101 e. The van der Waals surface area contributed by atoms with E-state index in [4.69, 9.17) is 5.26 Å². The van der Waals surface area contributed by atoms with E-state index in [9.17, 15) is 0 Å². The van der Waals surface area contributed by atoms with Crippen LogP contribution < -0.4 is 5.32 Å². The lowest BCUT2D eigenvalue weighted by molar-refractivity contribution is 1.44. The molecular weight excluding hydrogens is 391 g/mol. The van der Waals surface area contributed by atoms with Crippen molar-refractivity contribution in [1.29, 1.82) is 5.26 Å². The van der Waals surface area contributed by atoms with Crippen LogP contribution in [0.5, 0.6) is 0 Å². The van der Waals surface area contributed by atoms with Crippen molar-refractivity contribution in [3.8, 4) is 6.07 Å². The second-order valence-corrected chi connectivity index (χ2v) is 5.48. The van der Waals surface area contributed by atoms with Crippen LogP contribution in [-0.2, 0) is 0 Å². The fourth-order valence-electron chi connectivity index (χ4n) is 1.43. The van der Waals surface area contributed by atoms with Gasteiger partial charge in [-0.1, -0.05) is 28.1 Å². The van der Waals surface area contributed by atoms with Crippen LogP contribution in [0.1, 0.15) is 5.56 Å². The molecule has 0 radical (unpaired) electrons. The molecule has 84 valence electrons. The normalized spacial score (nSPS) is 9.71. The number of hydrogen-bond acceptors (Lipinski definition) is 2. The average molecular weight is 399 g/mol. The summed E-state index contributed by atoms with van der Waals surface area (Å²) in [6.07, 6.45) is 0. The van der Waals surface area contributed by atoms with Gasteiger partial charge in [-0.2, -0.15) is 5.26 Å². The molecule has 0 aliphatic rings. The van der Waals surface area contributed by atoms with Crippen molar-refractivity contribution in [2.24, 2.45) is 0 Å². The first kappa shape index (κ1) is 12.4. The highest BCUT2D eigenvalue weighted by atomic mass is 127. The molecule has 0 aliphatic carbocycles. The third kappa shape index (κ3) is 2.99. The summed E-state index contributed by atoms with van der Waals surface area (Å²) >= 11 is 5.62. The third-order valence-corrected chi connectivity index (χ3v) is 3.68. The topological polar surface area (TPSA) is 35.8 Å². The zero-order valence-electron chi connectivity index (χ0n) is 8.74. The van der Waals surface area contributed by atoms with Gasteiger partial charge in [0.1, 0.15) is 6.07 Å². The second-order valence-electron chi connectivity index (χ2n) is 3.41. The Hall–Kier alpha value is -1.06. The van der Waals surface area contributed by atoms with Crippen molar-refractivity contribution < 1.29 is 0 Å². The molecule has 17 heavy (non-hydrogen) atoms. The van der Waals surface area contributed by atoms with Gasteiger partial charge in [-0.05, 0) is 52.9 Å². The molecule has 0 saturated carbocycles. The van der Waals surface area contributed by atoms with E-state index in [0.717, 1.165) is 19.4 Å². The molecule has 0 unspecified atom stereocenters. The Balaban J connectivity index is 2.37. The molecule has 0 spiro atoms. The summed E-state index contributed by atoms with van der Waals surface area (Å²) in [6.45, 7) is 0. The van der Waals surface area contributed by atoms with Crippen molar-refractivity contribution in [1.82, 2.24) is 0 Å². The Morgan fingerprint density at radius 2 is 1.88 bits per heavy atom. The zero-order chi connectivity index (χ0) is 12.3. The van der Waals surface area contributed by atoms with E-state index in [2.05, 4.69) is 49.9 Å². The first-order chi connectivity index (χ1) is 8.20. The molecule has 4 heteroatoms. The van der Waals surface area contributed by atoms with Crippen LogP contribution >= 0.6 is 38.5 Å². The standard InChI is InChI=1S/C13H8BrIN2/c14-10-5-6-12(9(7-10)8-16)17-13-4-2-1-3-11(13)15/h1-7,17H.